The number of primary amides is 1. The Hall–Kier alpha value is -1.80. The summed E-state index contributed by atoms with van der Waals surface area (Å²) in [5.74, 6) is -0.520. The molecule has 1 aromatic rings. The SMILES string of the molecule is C[C@H](C(N)=O)N(C)CC(O)COc1cccc(C(F)(F)F)c1. The molecule has 5 nitrogen and oxygen atoms in total. The standard InChI is InChI=1S/C14H19F3N2O3/c1-9(13(18)21)19(2)7-11(20)8-22-12-5-3-4-10(6-12)14(15,16)17/h3-6,9,11,20H,7-8H2,1-2H3,(H2,18,21)/t9-,11?/m1/s1. The quantitative estimate of drug-likeness (QED) is 0.793. The van der Waals surface area contributed by atoms with Gasteiger partial charge in [0.15, 0.2) is 0 Å². The summed E-state index contributed by atoms with van der Waals surface area (Å²) >= 11 is 0. The molecule has 1 rings (SSSR count). The van der Waals surface area contributed by atoms with Gasteiger partial charge in [-0.2, -0.15) is 13.2 Å². The third-order valence-electron chi connectivity index (χ3n) is 3.18. The van der Waals surface area contributed by atoms with Gasteiger partial charge in [0.05, 0.1) is 11.6 Å². The molecular formula is C14H19F3N2O3. The number of alkyl halides is 3. The minimum Gasteiger partial charge on any atom is -0.491 e. The third-order valence-corrected chi connectivity index (χ3v) is 3.18. The third kappa shape index (κ3) is 5.53. The van der Waals surface area contributed by atoms with Crippen molar-refractivity contribution in [3.8, 4) is 5.75 Å². The average Bonchev–Trinajstić information content (AvgIpc) is 2.43. The van der Waals surface area contributed by atoms with E-state index < -0.39 is 29.8 Å². The molecule has 0 aromatic heterocycles. The van der Waals surface area contributed by atoms with Crippen LogP contribution in [0.25, 0.3) is 0 Å². The predicted octanol–water partition coefficient (Wildman–Crippen LogP) is 1.25. The molecule has 0 aliphatic heterocycles. The summed E-state index contributed by atoms with van der Waals surface area (Å²) in [6, 6.07) is 3.83. The minimum atomic E-state index is -4.45. The molecule has 3 N–H and O–H groups in total. The van der Waals surface area contributed by atoms with E-state index in [9.17, 15) is 23.1 Å². The van der Waals surface area contributed by atoms with Crippen molar-refractivity contribution >= 4 is 5.91 Å². The maximum atomic E-state index is 12.5. The molecule has 0 aliphatic carbocycles. The Kier molecular flexibility index (Phi) is 6.19. The fourth-order valence-corrected chi connectivity index (χ4v) is 1.72. The number of ether oxygens (including phenoxy) is 1. The van der Waals surface area contributed by atoms with Crippen LogP contribution in [0.4, 0.5) is 13.2 Å². The molecule has 1 unspecified atom stereocenters. The maximum Gasteiger partial charge on any atom is 0.416 e. The van der Waals surface area contributed by atoms with Crippen LogP contribution in [0.1, 0.15) is 12.5 Å². The summed E-state index contributed by atoms with van der Waals surface area (Å²) in [6.45, 7) is 1.49. The summed E-state index contributed by atoms with van der Waals surface area (Å²) in [5.41, 5.74) is 4.31. The van der Waals surface area contributed by atoms with Crippen molar-refractivity contribution < 1.29 is 27.8 Å². The first-order chi connectivity index (χ1) is 10.1. The van der Waals surface area contributed by atoms with Crippen LogP contribution in [0.2, 0.25) is 0 Å². The zero-order chi connectivity index (χ0) is 16.9. The van der Waals surface area contributed by atoms with Crippen molar-refractivity contribution in [3.63, 3.8) is 0 Å². The molecule has 8 heteroatoms. The molecule has 0 fully saturated rings. The van der Waals surface area contributed by atoms with E-state index >= 15 is 0 Å². The van der Waals surface area contributed by atoms with Crippen molar-refractivity contribution in [2.45, 2.75) is 25.2 Å². The van der Waals surface area contributed by atoms with E-state index in [0.29, 0.717) is 0 Å². The summed E-state index contributed by atoms with van der Waals surface area (Å²) in [7, 11) is 1.60. The Morgan fingerprint density at radius 3 is 2.64 bits per heavy atom. The highest BCUT2D eigenvalue weighted by Crippen LogP contribution is 2.31. The molecule has 0 spiro atoms. The van der Waals surface area contributed by atoms with Crippen LogP contribution in [0.3, 0.4) is 0 Å². The van der Waals surface area contributed by atoms with Gasteiger partial charge in [-0.25, -0.2) is 0 Å². The van der Waals surface area contributed by atoms with Gasteiger partial charge >= 0.3 is 6.18 Å². The van der Waals surface area contributed by atoms with E-state index in [2.05, 4.69) is 0 Å². The van der Waals surface area contributed by atoms with Crippen LogP contribution in [-0.2, 0) is 11.0 Å². The van der Waals surface area contributed by atoms with Crippen LogP contribution < -0.4 is 10.5 Å². The molecule has 2 atom stereocenters. The fraction of sp³-hybridized carbons (Fsp3) is 0.500. The molecule has 1 amide bonds. The highest BCUT2D eigenvalue weighted by atomic mass is 19.4. The molecule has 0 saturated carbocycles. The van der Waals surface area contributed by atoms with Gasteiger partial charge in [-0.3, -0.25) is 9.69 Å². The highest BCUT2D eigenvalue weighted by molar-refractivity contribution is 5.79. The van der Waals surface area contributed by atoms with E-state index in [1.165, 1.54) is 17.0 Å². The number of nitrogens with two attached hydrogens (primary N) is 1. The van der Waals surface area contributed by atoms with Crippen LogP contribution in [0, 0.1) is 0 Å². The lowest BCUT2D eigenvalue weighted by molar-refractivity contribution is -0.137. The Balaban J connectivity index is 2.54. The number of carbonyl (C=O) groups excluding carboxylic acids is 1. The van der Waals surface area contributed by atoms with E-state index in [1.807, 2.05) is 0 Å². The zero-order valence-corrected chi connectivity index (χ0v) is 12.3. The Bertz CT molecular complexity index is 508. The van der Waals surface area contributed by atoms with E-state index in [4.69, 9.17) is 10.5 Å². The van der Waals surface area contributed by atoms with Gasteiger partial charge in [0.2, 0.25) is 5.91 Å². The molecule has 0 bridgehead atoms. The van der Waals surface area contributed by atoms with E-state index in [0.717, 1.165) is 12.1 Å². The molecule has 22 heavy (non-hydrogen) atoms. The molecule has 124 valence electrons. The molecule has 0 aliphatic rings. The first-order valence-electron chi connectivity index (χ1n) is 6.59. The Morgan fingerprint density at radius 1 is 1.45 bits per heavy atom. The van der Waals surface area contributed by atoms with Crippen molar-refractivity contribution in [2.75, 3.05) is 20.2 Å². The van der Waals surface area contributed by atoms with Gasteiger partial charge in [0.25, 0.3) is 0 Å². The van der Waals surface area contributed by atoms with Crippen LogP contribution in [0.15, 0.2) is 24.3 Å². The number of nitrogens with zero attached hydrogens (tertiary/aromatic N) is 1. The second-order valence-corrected chi connectivity index (χ2v) is 5.01. The van der Waals surface area contributed by atoms with Gasteiger partial charge in [-0.15, -0.1) is 0 Å². The van der Waals surface area contributed by atoms with Gasteiger partial charge in [-0.05, 0) is 32.2 Å². The average molecular weight is 320 g/mol. The van der Waals surface area contributed by atoms with Crippen LogP contribution in [0.5, 0.6) is 5.75 Å². The van der Waals surface area contributed by atoms with Crippen molar-refractivity contribution in [2.24, 2.45) is 5.73 Å². The number of carbonyl (C=O) groups is 1. The summed E-state index contributed by atoms with van der Waals surface area (Å²) in [5, 5.41) is 9.80. The summed E-state index contributed by atoms with van der Waals surface area (Å²) < 4.78 is 42.8. The lowest BCUT2D eigenvalue weighted by atomic mass is 10.2. The van der Waals surface area contributed by atoms with Crippen LogP contribution in [-0.4, -0.2) is 48.3 Å². The first kappa shape index (κ1) is 18.2. The zero-order valence-electron chi connectivity index (χ0n) is 12.3. The molecule has 0 heterocycles. The first-order valence-corrected chi connectivity index (χ1v) is 6.59. The maximum absolute atomic E-state index is 12.5. The van der Waals surface area contributed by atoms with Crippen molar-refractivity contribution in [1.82, 2.24) is 4.90 Å². The lowest BCUT2D eigenvalue weighted by Gasteiger charge is -2.24. The Morgan fingerprint density at radius 2 is 2.09 bits per heavy atom. The molecule has 1 aromatic carbocycles. The van der Waals surface area contributed by atoms with Crippen molar-refractivity contribution in [3.05, 3.63) is 29.8 Å². The highest BCUT2D eigenvalue weighted by Gasteiger charge is 2.30. The summed E-state index contributed by atoms with van der Waals surface area (Å²) in [6.07, 6.45) is -5.42. The molecule has 0 saturated heterocycles. The topological polar surface area (TPSA) is 75.8 Å². The van der Waals surface area contributed by atoms with E-state index in [-0.39, 0.29) is 18.9 Å². The number of amides is 1. The predicted molar refractivity (Wildman–Crippen MR) is 74.2 cm³/mol. The number of benzene rings is 1. The van der Waals surface area contributed by atoms with Crippen LogP contribution >= 0.6 is 0 Å². The fourth-order valence-electron chi connectivity index (χ4n) is 1.72. The number of halogens is 3. The smallest absolute Gasteiger partial charge is 0.416 e. The minimum absolute atomic E-state index is 0.0134. The van der Waals surface area contributed by atoms with Crippen molar-refractivity contribution in [1.29, 1.82) is 0 Å². The number of likely N-dealkylation sites (N-methyl/N-ethyl adjacent to an activating group) is 1. The van der Waals surface area contributed by atoms with E-state index in [1.54, 1.807) is 14.0 Å². The van der Waals surface area contributed by atoms with Gasteiger partial charge in [0, 0.05) is 6.54 Å². The largest absolute Gasteiger partial charge is 0.491 e. The number of rotatable bonds is 7. The number of hydrogen-bond donors (Lipinski definition) is 2. The summed E-state index contributed by atoms with van der Waals surface area (Å²) in [4.78, 5) is 12.5. The normalized spacial score (nSPS) is 14.7. The van der Waals surface area contributed by atoms with Gasteiger partial charge in [0.1, 0.15) is 18.5 Å². The molecular weight excluding hydrogens is 301 g/mol. The number of aliphatic hydroxyl groups is 1. The number of aliphatic hydroxyl groups excluding tert-OH is 1. The Labute approximate surface area is 126 Å². The number of hydrogen-bond acceptors (Lipinski definition) is 4. The monoisotopic (exact) mass is 320 g/mol. The molecule has 0 radical (unpaired) electrons. The second-order valence-electron chi connectivity index (χ2n) is 5.01. The van der Waals surface area contributed by atoms with Gasteiger partial charge < -0.3 is 15.6 Å². The van der Waals surface area contributed by atoms with Gasteiger partial charge in [-0.1, -0.05) is 6.07 Å². The lowest BCUT2D eigenvalue weighted by Crippen LogP contribution is -2.44. The second kappa shape index (κ2) is 7.46.